The summed E-state index contributed by atoms with van der Waals surface area (Å²) in [5, 5.41) is 1.07. The van der Waals surface area contributed by atoms with Gasteiger partial charge in [-0.2, -0.15) is 0 Å². The third-order valence-corrected chi connectivity index (χ3v) is 3.44. The van der Waals surface area contributed by atoms with E-state index in [2.05, 4.69) is 15.8 Å². The van der Waals surface area contributed by atoms with Gasteiger partial charge >= 0.3 is 0 Å². The lowest BCUT2D eigenvalue weighted by Crippen LogP contribution is -2.05. The smallest absolute Gasteiger partial charge is 0.194 e. The highest BCUT2D eigenvalue weighted by molar-refractivity contribution is 7.89. The topological polar surface area (TPSA) is 27.7 Å². The monoisotopic (exact) mass is 308 g/mol. The SMILES string of the molecule is C=CC[C@H](COSOOC)c1ccc(Cl)c(Cl)c1. The van der Waals surface area contributed by atoms with Crippen molar-refractivity contribution < 1.29 is 13.4 Å². The summed E-state index contributed by atoms with van der Waals surface area (Å²) < 4.78 is 9.82. The highest BCUT2D eigenvalue weighted by Gasteiger charge is 2.12. The molecule has 1 aromatic carbocycles. The van der Waals surface area contributed by atoms with Gasteiger partial charge in [0.25, 0.3) is 0 Å². The zero-order valence-corrected chi connectivity index (χ0v) is 12.2. The molecule has 0 aromatic heterocycles. The van der Waals surface area contributed by atoms with Crippen molar-refractivity contribution in [3.8, 4) is 0 Å². The zero-order chi connectivity index (χ0) is 13.4. The van der Waals surface area contributed by atoms with Crippen LogP contribution >= 0.6 is 35.5 Å². The molecule has 3 nitrogen and oxygen atoms in total. The highest BCUT2D eigenvalue weighted by Crippen LogP contribution is 2.29. The molecule has 1 atom stereocenters. The van der Waals surface area contributed by atoms with Crippen molar-refractivity contribution in [2.45, 2.75) is 12.3 Å². The van der Waals surface area contributed by atoms with E-state index in [1.54, 1.807) is 6.07 Å². The van der Waals surface area contributed by atoms with Gasteiger partial charge in [-0.05, 0) is 24.1 Å². The zero-order valence-electron chi connectivity index (χ0n) is 9.90. The van der Waals surface area contributed by atoms with Gasteiger partial charge in [-0.3, -0.25) is 4.18 Å². The first kappa shape index (κ1) is 15.8. The summed E-state index contributed by atoms with van der Waals surface area (Å²) in [7, 11) is 1.41. The summed E-state index contributed by atoms with van der Waals surface area (Å²) in [4.78, 5) is 4.40. The van der Waals surface area contributed by atoms with Crippen LogP contribution in [-0.4, -0.2) is 13.7 Å². The molecule has 0 fully saturated rings. The summed E-state index contributed by atoms with van der Waals surface area (Å²) in [5.41, 5.74) is 1.04. The van der Waals surface area contributed by atoms with Gasteiger partial charge in [-0.25, -0.2) is 4.89 Å². The molecule has 0 saturated carbocycles. The molecule has 18 heavy (non-hydrogen) atoms. The molecule has 0 spiro atoms. The molecule has 6 heteroatoms. The second-order valence-corrected chi connectivity index (χ2v) is 4.80. The van der Waals surface area contributed by atoms with E-state index in [0.717, 1.165) is 24.3 Å². The number of hydrogen-bond donors (Lipinski definition) is 0. The van der Waals surface area contributed by atoms with Gasteiger partial charge < -0.3 is 0 Å². The van der Waals surface area contributed by atoms with E-state index in [1.807, 2.05) is 18.2 Å². The largest absolute Gasteiger partial charge is 0.289 e. The van der Waals surface area contributed by atoms with Crippen molar-refractivity contribution in [1.29, 1.82) is 0 Å². The van der Waals surface area contributed by atoms with E-state index in [-0.39, 0.29) is 5.92 Å². The average molecular weight is 309 g/mol. The van der Waals surface area contributed by atoms with Crippen LogP contribution in [0.15, 0.2) is 30.9 Å². The molecule has 0 radical (unpaired) electrons. The first-order chi connectivity index (χ1) is 8.69. The summed E-state index contributed by atoms with van der Waals surface area (Å²) in [5.74, 6) is 0.144. The summed E-state index contributed by atoms with van der Waals surface area (Å²) >= 11 is 12.7. The van der Waals surface area contributed by atoms with Crippen molar-refractivity contribution >= 4 is 35.5 Å². The Kier molecular flexibility index (Phi) is 7.74. The van der Waals surface area contributed by atoms with E-state index < -0.39 is 0 Å². The molecular formula is C12H14Cl2O3S. The van der Waals surface area contributed by atoms with Crippen LogP contribution in [0.2, 0.25) is 10.0 Å². The second kappa shape index (κ2) is 8.80. The fourth-order valence-corrected chi connectivity index (χ4v) is 2.05. The summed E-state index contributed by atoms with van der Waals surface area (Å²) in [6.07, 6.45) is 2.60. The number of allylic oxidation sites excluding steroid dienone is 1. The van der Waals surface area contributed by atoms with Crippen LogP contribution in [0.5, 0.6) is 0 Å². The molecule has 0 heterocycles. The van der Waals surface area contributed by atoms with Gasteiger partial charge in [0.1, 0.15) is 0 Å². The van der Waals surface area contributed by atoms with Gasteiger partial charge in [0.2, 0.25) is 0 Å². The minimum Gasteiger partial charge on any atom is -0.289 e. The van der Waals surface area contributed by atoms with Crippen LogP contribution in [0.25, 0.3) is 0 Å². The molecule has 100 valence electrons. The Balaban J connectivity index is 2.64. The van der Waals surface area contributed by atoms with E-state index >= 15 is 0 Å². The maximum atomic E-state index is 5.99. The van der Waals surface area contributed by atoms with E-state index in [0.29, 0.717) is 16.7 Å². The first-order valence-corrected chi connectivity index (χ1v) is 6.66. The molecule has 0 aliphatic rings. The number of benzene rings is 1. The lowest BCUT2D eigenvalue weighted by molar-refractivity contribution is -0.166. The fraction of sp³-hybridized carbons (Fsp3) is 0.333. The third-order valence-electron chi connectivity index (χ3n) is 2.28. The number of hydrogen-bond acceptors (Lipinski definition) is 4. The van der Waals surface area contributed by atoms with Crippen LogP contribution < -0.4 is 0 Å². The van der Waals surface area contributed by atoms with Crippen molar-refractivity contribution in [2.75, 3.05) is 13.7 Å². The van der Waals surface area contributed by atoms with Gasteiger partial charge in [-0.15, -0.1) is 10.9 Å². The van der Waals surface area contributed by atoms with Gasteiger partial charge in [0.15, 0.2) is 12.3 Å². The maximum Gasteiger partial charge on any atom is 0.194 e. The molecule has 0 saturated heterocycles. The van der Waals surface area contributed by atoms with E-state index in [9.17, 15) is 0 Å². The molecule has 0 unspecified atom stereocenters. The predicted octanol–water partition coefficient (Wildman–Crippen LogP) is 4.81. The van der Waals surface area contributed by atoms with Crippen molar-refractivity contribution in [3.05, 3.63) is 46.5 Å². The van der Waals surface area contributed by atoms with Crippen LogP contribution in [0.1, 0.15) is 17.9 Å². The Bertz CT molecular complexity index is 388. The Labute approximate surface area is 121 Å². The Morgan fingerprint density at radius 2 is 2.17 bits per heavy atom. The summed E-state index contributed by atoms with van der Waals surface area (Å²) in [6, 6.07) is 5.53. The average Bonchev–Trinajstić information content (AvgIpc) is 2.37. The second-order valence-electron chi connectivity index (χ2n) is 3.48. The minimum atomic E-state index is 0.144. The summed E-state index contributed by atoms with van der Waals surface area (Å²) in [6.45, 7) is 4.19. The normalized spacial score (nSPS) is 12.4. The molecule has 0 amide bonds. The quantitative estimate of drug-likeness (QED) is 0.226. The van der Waals surface area contributed by atoms with E-state index in [4.69, 9.17) is 27.4 Å². The van der Waals surface area contributed by atoms with Crippen molar-refractivity contribution in [3.63, 3.8) is 0 Å². The number of halogens is 2. The van der Waals surface area contributed by atoms with Crippen molar-refractivity contribution in [1.82, 2.24) is 0 Å². The number of rotatable bonds is 8. The van der Waals surface area contributed by atoms with Crippen molar-refractivity contribution in [2.24, 2.45) is 0 Å². The van der Waals surface area contributed by atoms with E-state index in [1.165, 1.54) is 7.11 Å². The molecule has 0 bridgehead atoms. The molecule has 0 N–H and O–H groups in total. The lowest BCUT2D eigenvalue weighted by atomic mass is 9.97. The molecule has 0 aliphatic carbocycles. The van der Waals surface area contributed by atoms with Crippen LogP contribution in [0.4, 0.5) is 0 Å². The maximum absolute atomic E-state index is 5.99. The Morgan fingerprint density at radius 1 is 1.39 bits per heavy atom. The molecule has 0 aliphatic heterocycles. The molecule has 1 rings (SSSR count). The third kappa shape index (κ3) is 5.18. The van der Waals surface area contributed by atoms with Crippen LogP contribution in [0, 0.1) is 0 Å². The Hall–Kier alpha value is -0.230. The molecular weight excluding hydrogens is 295 g/mol. The first-order valence-electron chi connectivity index (χ1n) is 5.23. The van der Waals surface area contributed by atoms with Gasteiger partial charge in [0.05, 0.1) is 23.8 Å². The minimum absolute atomic E-state index is 0.144. The van der Waals surface area contributed by atoms with Crippen LogP contribution in [-0.2, 0) is 13.4 Å². The lowest BCUT2D eigenvalue weighted by Gasteiger charge is -2.15. The predicted molar refractivity (Wildman–Crippen MR) is 75.7 cm³/mol. The molecule has 1 aromatic rings. The van der Waals surface area contributed by atoms with Crippen LogP contribution in [0.3, 0.4) is 0 Å². The van der Waals surface area contributed by atoms with Gasteiger partial charge in [-0.1, -0.05) is 35.3 Å². The standard InChI is InChI=1S/C12H14Cl2O3S/c1-3-4-10(8-16-18-17-15-2)9-5-6-11(13)12(14)7-9/h3,5-7,10H,1,4,8H2,2H3/t10-/m1/s1. The Morgan fingerprint density at radius 3 is 2.78 bits per heavy atom. The van der Waals surface area contributed by atoms with Gasteiger partial charge in [0, 0.05) is 5.92 Å². The highest BCUT2D eigenvalue weighted by atomic mass is 35.5. The fourth-order valence-electron chi connectivity index (χ4n) is 1.43.